The molecule has 0 spiro atoms. The number of amides is 1. The Morgan fingerprint density at radius 3 is 2.20 bits per heavy atom. The Hall–Kier alpha value is -1.55. The Morgan fingerprint density at radius 1 is 0.833 bits per heavy atom. The van der Waals surface area contributed by atoms with Gasteiger partial charge < -0.3 is 4.90 Å². The third-order valence-electron chi connectivity index (χ3n) is 6.62. The zero-order chi connectivity index (χ0) is 20.9. The number of hydrogen-bond acceptors (Lipinski definition) is 2. The van der Waals surface area contributed by atoms with Gasteiger partial charge in [-0.1, -0.05) is 59.6 Å². The van der Waals surface area contributed by atoms with E-state index in [1.165, 1.54) is 11.1 Å². The molecule has 0 N–H and O–H groups in total. The van der Waals surface area contributed by atoms with Crippen LogP contribution in [0.1, 0.15) is 36.8 Å². The molecular weight excluding hydrogens is 415 g/mol. The molecule has 160 valence electrons. The smallest absolute Gasteiger partial charge is 0.225 e. The van der Waals surface area contributed by atoms with Gasteiger partial charge >= 0.3 is 0 Å². The van der Waals surface area contributed by atoms with Crippen molar-refractivity contribution in [2.75, 3.05) is 26.2 Å². The van der Waals surface area contributed by atoms with Gasteiger partial charge in [-0.2, -0.15) is 0 Å². The quantitative estimate of drug-likeness (QED) is 0.591. The number of likely N-dealkylation sites (tertiary alicyclic amines) is 2. The first kappa shape index (κ1) is 21.7. The van der Waals surface area contributed by atoms with E-state index in [2.05, 4.69) is 40.1 Å². The summed E-state index contributed by atoms with van der Waals surface area (Å²) >= 11 is 12.1. The van der Waals surface area contributed by atoms with Crippen LogP contribution in [0.15, 0.2) is 48.5 Å². The molecule has 0 aliphatic carbocycles. The molecule has 0 unspecified atom stereocenters. The van der Waals surface area contributed by atoms with E-state index in [0.29, 0.717) is 21.9 Å². The third kappa shape index (κ3) is 5.57. The van der Waals surface area contributed by atoms with E-state index >= 15 is 0 Å². The number of piperidine rings is 2. The summed E-state index contributed by atoms with van der Waals surface area (Å²) in [4.78, 5) is 17.6. The van der Waals surface area contributed by atoms with Gasteiger partial charge in [0, 0.05) is 25.6 Å². The van der Waals surface area contributed by atoms with Gasteiger partial charge in [-0.25, -0.2) is 0 Å². The second-order valence-corrected chi connectivity index (χ2v) is 9.57. The SMILES string of the molecule is O=C(C1CCN(Cc2ccc(Cl)c(Cl)c2)CC1)N1CCC(Cc2ccccc2)CC1. The topological polar surface area (TPSA) is 23.6 Å². The maximum Gasteiger partial charge on any atom is 0.225 e. The highest BCUT2D eigenvalue weighted by atomic mass is 35.5. The van der Waals surface area contributed by atoms with E-state index in [-0.39, 0.29) is 5.92 Å². The van der Waals surface area contributed by atoms with Crippen LogP contribution in [0.2, 0.25) is 10.0 Å². The second kappa shape index (κ2) is 10.2. The maximum absolute atomic E-state index is 13.0. The molecule has 0 atom stereocenters. The van der Waals surface area contributed by atoms with Gasteiger partial charge in [-0.15, -0.1) is 0 Å². The largest absolute Gasteiger partial charge is 0.342 e. The summed E-state index contributed by atoms with van der Waals surface area (Å²) in [6.45, 7) is 4.62. The zero-order valence-electron chi connectivity index (χ0n) is 17.4. The normalized spacial score (nSPS) is 19.2. The average molecular weight is 445 g/mol. The number of benzene rings is 2. The van der Waals surface area contributed by atoms with E-state index in [9.17, 15) is 4.79 Å². The highest BCUT2D eigenvalue weighted by Gasteiger charge is 2.30. The average Bonchev–Trinajstić information content (AvgIpc) is 2.78. The van der Waals surface area contributed by atoms with Gasteiger partial charge in [0.05, 0.1) is 10.0 Å². The van der Waals surface area contributed by atoms with Gasteiger partial charge in [0.2, 0.25) is 5.91 Å². The van der Waals surface area contributed by atoms with E-state index in [1.807, 2.05) is 18.2 Å². The standard InChI is InChI=1S/C25H30Cl2N2O/c26-23-7-6-21(17-24(23)27)18-28-12-10-22(11-13-28)25(30)29-14-8-20(9-15-29)16-19-4-2-1-3-5-19/h1-7,17,20,22H,8-16,18H2. The Bertz CT molecular complexity index is 841. The fourth-order valence-corrected chi connectivity index (χ4v) is 5.12. The minimum atomic E-state index is 0.181. The van der Waals surface area contributed by atoms with Crippen LogP contribution in [0.4, 0.5) is 0 Å². The lowest BCUT2D eigenvalue weighted by atomic mass is 9.88. The number of hydrogen-bond donors (Lipinski definition) is 0. The first-order chi connectivity index (χ1) is 14.6. The van der Waals surface area contributed by atoms with E-state index < -0.39 is 0 Å². The van der Waals surface area contributed by atoms with Crippen molar-refractivity contribution in [3.63, 3.8) is 0 Å². The molecule has 0 bridgehead atoms. The van der Waals surface area contributed by atoms with Crippen molar-refractivity contribution in [1.82, 2.24) is 9.80 Å². The van der Waals surface area contributed by atoms with Crippen molar-refractivity contribution in [2.45, 2.75) is 38.6 Å². The molecule has 2 aromatic rings. The van der Waals surface area contributed by atoms with E-state index in [1.54, 1.807) is 0 Å². The molecule has 4 rings (SSSR count). The van der Waals surface area contributed by atoms with Crippen LogP contribution in [0, 0.1) is 11.8 Å². The molecule has 2 saturated heterocycles. The van der Waals surface area contributed by atoms with Crippen molar-refractivity contribution >= 4 is 29.1 Å². The molecule has 0 radical (unpaired) electrons. The number of carbonyl (C=O) groups excluding carboxylic acids is 1. The molecule has 0 aromatic heterocycles. The Morgan fingerprint density at radius 2 is 1.53 bits per heavy atom. The van der Waals surface area contributed by atoms with Crippen LogP contribution in [-0.2, 0) is 17.8 Å². The highest BCUT2D eigenvalue weighted by Crippen LogP contribution is 2.27. The summed E-state index contributed by atoms with van der Waals surface area (Å²) in [5.41, 5.74) is 2.59. The molecule has 2 aliphatic rings. The number of rotatable bonds is 5. The van der Waals surface area contributed by atoms with Crippen LogP contribution in [-0.4, -0.2) is 41.9 Å². The Kier molecular flexibility index (Phi) is 7.35. The Balaban J connectivity index is 1.21. The predicted molar refractivity (Wildman–Crippen MR) is 124 cm³/mol. The van der Waals surface area contributed by atoms with Crippen LogP contribution >= 0.6 is 23.2 Å². The summed E-state index contributed by atoms with van der Waals surface area (Å²) in [5.74, 6) is 1.26. The summed E-state index contributed by atoms with van der Waals surface area (Å²) < 4.78 is 0. The van der Waals surface area contributed by atoms with Crippen molar-refractivity contribution in [3.05, 3.63) is 69.7 Å². The third-order valence-corrected chi connectivity index (χ3v) is 7.36. The minimum absolute atomic E-state index is 0.181. The van der Waals surface area contributed by atoms with Gasteiger partial charge in [-0.3, -0.25) is 9.69 Å². The fraction of sp³-hybridized carbons (Fsp3) is 0.480. The molecule has 1 amide bonds. The monoisotopic (exact) mass is 444 g/mol. The van der Waals surface area contributed by atoms with E-state index in [0.717, 1.165) is 64.8 Å². The minimum Gasteiger partial charge on any atom is -0.342 e. The molecule has 2 heterocycles. The summed E-state index contributed by atoms with van der Waals surface area (Å²) in [5, 5.41) is 1.20. The first-order valence-electron chi connectivity index (χ1n) is 11.1. The second-order valence-electron chi connectivity index (χ2n) is 8.76. The summed E-state index contributed by atoms with van der Waals surface area (Å²) in [6, 6.07) is 16.6. The van der Waals surface area contributed by atoms with Crippen molar-refractivity contribution in [3.8, 4) is 0 Å². The van der Waals surface area contributed by atoms with Gasteiger partial charge in [0.25, 0.3) is 0 Å². The lowest BCUT2D eigenvalue weighted by molar-refractivity contribution is -0.138. The van der Waals surface area contributed by atoms with Gasteiger partial charge in [-0.05, 0) is 74.4 Å². The number of halogens is 2. The molecule has 2 aromatic carbocycles. The molecule has 30 heavy (non-hydrogen) atoms. The van der Waals surface area contributed by atoms with Crippen LogP contribution in [0.25, 0.3) is 0 Å². The molecule has 3 nitrogen and oxygen atoms in total. The molecule has 5 heteroatoms. The molecular formula is C25H30Cl2N2O. The lowest BCUT2D eigenvalue weighted by Gasteiger charge is -2.37. The Labute approximate surface area is 190 Å². The van der Waals surface area contributed by atoms with Crippen LogP contribution < -0.4 is 0 Å². The van der Waals surface area contributed by atoms with Crippen LogP contribution in [0.5, 0.6) is 0 Å². The van der Waals surface area contributed by atoms with E-state index in [4.69, 9.17) is 23.2 Å². The van der Waals surface area contributed by atoms with Crippen molar-refractivity contribution in [2.24, 2.45) is 11.8 Å². The predicted octanol–water partition coefficient (Wildman–Crippen LogP) is 5.69. The molecule has 2 aliphatic heterocycles. The first-order valence-corrected chi connectivity index (χ1v) is 11.8. The maximum atomic E-state index is 13.0. The zero-order valence-corrected chi connectivity index (χ0v) is 18.9. The fourth-order valence-electron chi connectivity index (χ4n) is 4.80. The molecule has 0 saturated carbocycles. The lowest BCUT2D eigenvalue weighted by Crippen LogP contribution is -2.45. The number of nitrogens with zero attached hydrogens (tertiary/aromatic N) is 2. The van der Waals surface area contributed by atoms with Crippen molar-refractivity contribution < 1.29 is 4.79 Å². The van der Waals surface area contributed by atoms with Gasteiger partial charge in [0.1, 0.15) is 0 Å². The summed E-state index contributed by atoms with van der Waals surface area (Å²) in [6.07, 6.45) is 5.28. The van der Waals surface area contributed by atoms with Crippen molar-refractivity contribution in [1.29, 1.82) is 0 Å². The van der Waals surface area contributed by atoms with Crippen LogP contribution in [0.3, 0.4) is 0 Å². The number of carbonyl (C=O) groups is 1. The summed E-state index contributed by atoms with van der Waals surface area (Å²) in [7, 11) is 0. The molecule has 2 fully saturated rings. The highest BCUT2D eigenvalue weighted by molar-refractivity contribution is 6.42. The van der Waals surface area contributed by atoms with Gasteiger partial charge in [0.15, 0.2) is 0 Å².